The Hall–Kier alpha value is -1.69. The number of nitrogens with one attached hydrogen (secondary N) is 1. The molecule has 1 saturated carbocycles. The molecule has 1 fully saturated rings. The van der Waals surface area contributed by atoms with Crippen LogP contribution in [-0.4, -0.2) is 41.5 Å². The van der Waals surface area contributed by atoms with E-state index in [0.717, 1.165) is 12.0 Å². The van der Waals surface area contributed by atoms with Crippen LogP contribution in [0.25, 0.3) is 0 Å². The summed E-state index contributed by atoms with van der Waals surface area (Å²) in [5, 5.41) is 4.31. The van der Waals surface area contributed by atoms with Gasteiger partial charge in [0.15, 0.2) is 5.78 Å². The lowest BCUT2D eigenvalue weighted by molar-refractivity contribution is -0.116. The third kappa shape index (κ3) is 6.56. The second-order valence-corrected chi connectivity index (χ2v) is 9.35. The zero-order chi connectivity index (χ0) is 19.2. The first-order valence-corrected chi connectivity index (χ1v) is 11.0. The van der Waals surface area contributed by atoms with Crippen LogP contribution in [0.15, 0.2) is 30.3 Å². The fraction of sp³-hybridized carbons (Fsp3) is 0.550. The molecule has 26 heavy (non-hydrogen) atoms. The lowest BCUT2D eigenvalue weighted by atomic mass is 9.76. The largest absolute Gasteiger partial charge is 0.445 e. The lowest BCUT2D eigenvalue weighted by Crippen LogP contribution is -2.49. The molecule has 1 amide bonds. The van der Waals surface area contributed by atoms with Crippen molar-refractivity contribution in [3.63, 3.8) is 0 Å². The number of hydrogen-bond donors (Lipinski definition) is 1. The predicted molar refractivity (Wildman–Crippen MR) is 106 cm³/mol. The highest BCUT2D eigenvalue weighted by Crippen LogP contribution is 2.37. The number of ketones is 1. The second kappa shape index (κ2) is 9.31. The van der Waals surface area contributed by atoms with E-state index in [9.17, 15) is 14.0 Å². The van der Waals surface area contributed by atoms with E-state index < -0.39 is 17.8 Å². The number of halogens is 1. The molecule has 144 valence electrons. The Bertz CT molecular complexity index is 656. The van der Waals surface area contributed by atoms with Crippen molar-refractivity contribution in [2.45, 2.75) is 50.9 Å². The van der Waals surface area contributed by atoms with Crippen LogP contribution >= 0.6 is 10.5 Å². The highest BCUT2D eigenvalue weighted by molar-refractivity contribution is 8.14. The molecule has 4 nitrogen and oxygen atoms in total. The predicted octanol–water partition coefficient (Wildman–Crippen LogP) is 4.10. The molecule has 0 aliphatic heterocycles. The first-order chi connectivity index (χ1) is 12.3. The monoisotopic (exact) mass is 381 g/mol. The molecule has 1 aliphatic rings. The zero-order valence-electron chi connectivity index (χ0n) is 15.7. The van der Waals surface area contributed by atoms with E-state index in [-0.39, 0.29) is 35.2 Å². The average Bonchev–Trinajstić information content (AvgIpc) is 2.57. The van der Waals surface area contributed by atoms with Crippen molar-refractivity contribution in [1.82, 2.24) is 5.32 Å². The maximum absolute atomic E-state index is 14.5. The molecule has 3 atom stereocenters. The standard InChI is InChI=1S/C20H28FNO3S/c1-20(21)11-7-10-16(12-20)18(17(23)14-26(2)3)22-19(24)25-13-15-8-5-4-6-9-15/h4-6,8-9,14,16,18H,7,10-13H2,1-3H3,(H,22,24). The molecule has 0 saturated heterocycles. The van der Waals surface area contributed by atoms with E-state index in [4.69, 9.17) is 4.74 Å². The zero-order valence-corrected chi connectivity index (χ0v) is 16.5. The van der Waals surface area contributed by atoms with Crippen molar-refractivity contribution in [3.05, 3.63) is 35.9 Å². The Kier molecular flexibility index (Phi) is 7.38. The summed E-state index contributed by atoms with van der Waals surface area (Å²) in [5.74, 6) is -0.368. The number of ether oxygens (including phenoxy) is 1. The fourth-order valence-corrected chi connectivity index (χ4v) is 4.00. The summed E-state index contributed by atoms with van der Waals surface area (Å²) in [6.07, 6.45) is 5.44. The quantitative estimate of drug-likeness (QED) is 0.755. The van der Waals surface area contributed by atoms with Gasteiger partial charge in [0.1, 0.15) is 12.3 Å². The van der Waals surface area contributed by atoms with Gasteiger partial charge in [0, 0.05) is 5.37 Å². The van der Waals surface area contributed by atoms with Crippen LogP contribution in [0.1, 0.15) is 38.2 Å². The van der Waals surface area contributed by atoms with Gasteiger partial charge < -0.3 is 10.1 Å². The molecule has 0 bridgehead atoms. The summed E-state index contributed by atoms with van der Waals surface area (Å²) < 4.78 is 19.7. The van der Waals surface area contributed by atoms with Crippen molar-refractivity contribution < 1.29 is 18.7 Å². The van der Waals surface area contributed by atoms with Gasteiger partial charge in [-0.1, -0.05) is 30.3 Å². The molecule has 1 N–H and O–H groups in total. The number of alkyl halides is 1. The van der Waals surface area contributed by atoms with E-state index in [1.54, 1.807) is 12.3 Å². The summed E-state index contributed by atoms with van der Waals surface area (Å²) in [5.41, 5.74) is -0.424. The smallest absolute Gasteiger partial charge is 0.408 e. The van der Waals surface area contributed by atoms with E-state index in [0.29, 0.717) is 12.8 Å². The molecule has 0 heterocycles. The highest BCUT2D eigenvalue weighted by atomic mass is 32.2. The number of amides is 1. The maximum atomic E-state index is 14.5. The summed E-state index contributed by atoms with van der Waals surface area (Å²) in [6, 6.07) is 8.61. The molecule has 1 aliphatic carbocycles. The van der Waals surface area contributed by atoms with Crippen LogP contribution in [0, 0.1) is 5.92 Å². The molecule has 2 rings (SSSR count). The van der Waals surface area contributed by atoms with E-state index >= 15 is 0 Å². The average molecular weight is 382 g/mol. The van der Waals surface area contributed by atoms with Gasteiger partial charge in [-0.2, -0.15) is 10.5 Å². The number of hydrogen-bond acceptors (Lipinski definition) is 3. The number of Topliss-reactive ketones (excluding diaryl/α,β-unsaturated/α-hetero) is 1. The molecule has 6 heteroatoms. The van der Waals surface area contributed by atoms with Crippen molar-refractivity contribution in [1.29, 1.82) is 0 Å². The summed E-state index contributed by atoms with van der Waals surface area (Å²) in [7, 11) is -0.199. The minimum atomic E-state index is -1.29. The van der Waals surface area contributed by atoms with Crippen molar-refractivity contribution in [2.75, 3.05) is 12.5 Å². The number of benzene rings is 1. The Morgan fingerprint density at radius 3 is 2.69 bits per heavy atom. The molecule has 3 unspecified atom stereocenters. The molecule has 1 aromatic rings. The summed E-state index contributed by atoms with van der Waals surface area (Å²) >= 11 is 0. The third-order valence-electron chi connectivity index (χ3n) is 4.58. The van der Waals surface area contributed by atoms with Gasteiger partial charge in [0.2, 0.25) is 0 Å². The first kappa shape index (κ1) is 20.6. The van der Waals surface area contributed by atoms with Crippen LogP contribution in [0.4, 0.5) is 9.18 Å². The van der Waals surface area contributed by atoms with Crippen LogP contribution in [-0.2, 0) is 16.1 Å². The molecule has 0 spiro atoms. The maximum Gasteiger partial charge on any atom is 0.408 e. The fourth-order valence-electron chi connectivity index (χ4n) is 3.39. The molecular weight excluding hydrogens is 353 g/mol. The van der Waals surface area contributed by atoms with Gasteiger partial charge in [-0.25, -0.2) is 9.18 Å². The topological polar surface area (TPSA) is 55.4 Å². The minimum absolute atomic E-state index is 0.134. The molecule has 0 radical (unpaired) electrons. The number of alkyl carbamates (subject to hydrolysis) is 1. The second-order valence-electron chi connectivity index (χ2n) is 7.35. The third-order valence-corrected chi connectivity index (χ3v) is 5.28. The Morgan fingerprint density at radius 2 is 2.08 bits per heavy atom. The number of rotatable bonds is 6. The molecule has 0 aromatic heterocycles. The van der Waals surface area contributed by atoms with Gasteiger partial charge in [-0.15, -0.1) is 0 Å². The van der Waals surface area contributed by atoms with Gasteiger partial charge in [-0.05, 0) is 56.6 Å². The number of carbonyl (C=O) groups excluding carboxylic acids is 2. The number of carbonyl (C=O) groups is 2. The van der Waals surface area contributed by atoms with Crippen LogP contribution in [0.3, 0.4) is 0 Å². The Morgan fingerprint density at radius 1 is 1.38 bits per heavy atom. The van der Waals surface area contributed by atoms with Gasteiger partial charge >= 0.3 is 6.09 Å². The highest BCUT2D eigenvalue weighted by Gasteiger charge is 2.38. The lowest BCUT2D eigenvalue weighted by Gasteiger charge is -2.35. The van der Waals surface area contributed by atoms with Crippen molar-refractivity contribution in [3.8, 4) is 0 Å². The van der Waals surface area contributed by atoms with E-state index in [1.165, 1.54) is 0 Å². The van der Waals surface area contributed by atoms with Crippen LogP contribution < -0.4 is 5.32 Å². The van der Waals surface area contributed by atoms with E-state index in [2.05, 4.69) is 5.32 Å². The first-order valence-electron chi connectivity index (χ1n) is 8.88. The van der Waals surface area contributed by atoms with Crippen LogP contribution in [0.5, 0.6) is 0 Å². The minimum Gasteiger partial charge on any atom is -0.445 e. The Labute approximate surface area is 157 Å². The van der Waals surface area contributed by atoms with Gasteiger partial charge in [0.05, 0.1) is 6.04 Å². The SMILES string of the molecule is CS(C)=CC(=O)C(NC(=O)OCc1ccccc1)C1CCCC(C)(F)C1. The summed E-state index contributed by atoms with van der Waals surface area (Å²) in [4.78, 5) is 24.9. The normalized spacial score (nSPS) is 24.0. The van der Waals surface area contributed by atoms with Gasteiger partial charge in [0.25, 0.3) is 0 Å². The molecule has 1 aromatic carbocycles. The van der Waals surface area contributed by atoms with Crippen LogP contribution in [0.2, 0.25) is 0 Å². The van der Waals surface area contributed by atoms with Gasteiger partial charge in [-0.3, -0.25) is 4.79 Å². The summed E-state index contributed by atoms with van der Waals surface area (Å²) in [6.45, 7) is 1.71. The Balaban J connectivity index is 2.04. The molecular formula is C20H28FNO3S. The van der Waals surface area contributed by atoms with E-state index in [1.807, 2.05) is 42.8 Å². The van der Waals surface area contributed by atoms with Crippen molar-refractivity contribution >= 4 is 27.7 Å². The van der Waals surface area contributed by atoms with Crippen molar-refractivity contribution in [2.24, 2.45) is 5.92 Å².